The third kappa shape index (κ3) is 1.87. The topological polar surface area (TPSA) is 49.7 Å². The largest absolute Gasteiger partial charge is 0.411 e. The predicted molar refractivity (Wildman–Crippen MR) is 45.6 cm³/mol. The summed E-state index contributed by atoms with van der Waals surface area (Å²) in [5.41, 5.74) is 0.548. The Labute approximate surface area is 74.8 Å². The van der Waals surface area contributed by atoms with Crippen molar-refractivity contribution in [1.82, 2.24) is 0 Å². The van der Waals surface area contributed by atoms with E-state index in [1.54, 1.807) is 0 Å². The minimum Gasteiger partial charge on any atom is -0.411 e. The lowest BCUT2D eigenvalue weighted by atomic mass is 10.1. The van der Waals surface area contributed by atoms with Crippen LogP contribution < -0.4 is 0 Å². The summed E-state index contributed by atoms with van der Waals surface area (Å²) in [6.07, 6.45) is 1.01. The summed E-state index contributed by atoms with van der Waals surface area (Å²) in [7, 11) is 0. The first-order chi connectivity index (χ1) is 5.15. The van der Waals surface area contributed by atoms with E-state index in [0.717, 1.165) is 0 Å². The molecule has 1 saturated carbocycles. The molecule has 0 aromatic heterocycles. The standard InChI is InChI=1S/C6H8ClNO2S/c7-6(9)3-1-4(8-10)5(11)2-3/h3,5,10-11H,1-2H2. The smallest absolute Gasteiger partial charge is 0.225 e. The van der Waals surface area contributed by atoms with Gasteiger partial charge in [-0.15, -0.1) is 0 Å². The lowest BCUT2D eigenvalue weighted by molar-refractivity contribution is -0.114. The fourth-order valence-corrected chi connectivity index (χ4v) is 1.74. The third-order valence-electron chi connectivity index (χ3n) is 1.80. The fourth-order valence-electron chi connectivity index (χ4n) is 1.16. The van der Waals surface area contributed by atoms with Gasteiger partial charge in [0.25, 0.3) is 0 Å². The van der Waals surface area contributed by atoms with Crippen molar-refractivity contribution in [3.63, 3.8) is 0 Å². The van der Waals surface area contributed by atoms with Crippen molar-refractivity contribution < 1.29 is 10.0 Å². The van der Waals surface area contributed by atoms with Gasteiger partial charge in [0, 0.05) is 17.6 Å². The molecule has 1 rings (SSSR count). The Kier molecular flexibility index (Phi) is 2.78. The van der Waals surface area contributed by atoms with Gasteiger partial charge < -0.3 is 5.21 Å². The molecule has 5 heteroatoms. The quantitative estimate of drug-likeness (QED) is 0.285. The van der Waals surface area contributed by atoms with Crippen molar-refractivity contribution in [2.45, 2.75) is 18.1 Å². The number of carbonyl (C=O) groups is 1. The summed E-state index contributed by atoms with van der Waals surface area (Å²) in [5.74, 6) is -0.218. The van der Waals surface area contributed by atoms with Gasteiger partial charge in [0.1, 0.15) is 0 Å². The van der Waals surface area contributed by atoms with E-state index in [9.17, 15) is 4.79 Å². The number of rotatable bonds is 1. The molecule has 2 atom stereocenters. The molecular weight excluding hydrogens is 186 g/mol. The number of halogens is 1. The fraction of sp³-hybridized carbons (Fsp3) is 0.667. The van der Waals surface area contributed by atoms with Crippen molar-refractivity contribution in [3.05, 3.63) is 0 Å². The molecule has 0 amide bonds. The summed E-state index contributed by atoms with van der Waals surface area (Å²) in [5, 5.41) is 11.0. The Morgan fingerprint density at radius 1 is 1.82 bits per heavy atom. The molecule has 0 aromatic rings. The maximum absolute atomic E-state index is 10.6. The first kappa shape index (κ1) is 8.87. The van der Waals surface area contributed by atoms with Gasteiger partial charge in [-0.05, 0) is 18.0 Å². The third-order valence-corrected chi connectivity index (χ3v) is 2.61. The van der Waals surface area contributed by atoms with Crippen molar-refractivity contribution in [2.75, 3.05) is 0 Å². The highest BCUT2D eigenvalue weighted by Crippen LogP contribution is 2.28. The number of carbonyl (C=O) groups excluding carboxylic acids is 1. The van der Waals surface area contributed by atoms with E-state index >= 15 is 0 Å². The molecule has 0 heterocycles. The van der Waals surface area contributed by atoms with Crippen molar-refractivity contribution in [1.29, 1.82) is 0 Å². The van der Waals surface area contributed by atoms with E-state index in [1.165, 1.54) is 0 Å². The van der Waals surface area contributed by atoms with Crippen LogP contribution in [0.4, 0.5) is 0 Å². The van der Waals surface area contributed by atoms with Crippen LogP contribution in [-0.2, 0) is 4.79 Å². The number of nitrogens with zero attached hydrogens (tertiary/aromatic N) is 1. The molecule has 1 N–H and O–H groups in total. The van der Waals surface area contributed by atoms with E-state index in [-0.39, 0.29) is 16.4 Å². The second kappa shape index (κ2) is 3.45. The molecular formula is C6H8ClNO2S. The monoisotopic (exact) mass is 193 g/mol. The number of hydrogen-bond donors (Lipinski definition) is 2. The molecule has 3 nitrogen and oxygen atoms in total. The van der Waals surface area contributed by atoms with Gasteiger partial charge in [-0.3, -0.25) is 4.79 Å². The molecule has 1 aliphatic rings. The second-order valence-corrected chi connectivity index (χ2v) is 3.54. The summed E-state index contributed by atoms with van der Waals surface area (Å²) in [4.78, 5) is 10.6. The minimum atomic E-state index is -0.372. The molecule has 0 saturated heterocycles. The van der Waals surface area contributed by atoms with E-state index in [1.807, 2.05) is 0 Å². The van der Waals surface area contributed by atoms with Gasteiger partial charge >= 0.3 is 0 Å². The van der Waals surface area contributed by atoms with E-state index in [0.29, 0.717) is 18.6 Å². The first-order valence-electron chi connectivity index (χ1n) is 3.23. The molecule has 0 bridgehead atoms. The summed E-state index contributed by atoms with van der Waals surface area (Å²) in [6, 6.07) is 0. The normalized spacial score (nSPS) is 34.5. The zero-order chi connectivity index (χ0) is 8.43. The highest BCUT2D eigenvalue weighted by atomic mass is 35.5. The molecule has 1 aliphatic carbocycles. The van der Waals surface area contributed by atoms with Crippen LogP contribution in [-0.4, -0.2) is 21.4 Å². The maximum atomic E-state index is 10.6. The molecule has 0 radical (unpaired) electrons. The maximum Gasteiger partial charge on any atom is 0.225 e. The van der Waals surface area contributed by atoms with Gasteiger partial charge in [0.15, 0.2) is 0 Å². The van der Waals surface area contributed by atoms with Crippen LogP contribution in [0.3, 0.4) is 0 Å². The average molecular weight is 194 g/mol. The van der Waals surface area contributed by atoms with E-state index in [2.05, 4.69) is 17.8 Å². The van der Waals surface area contributed by atoms with Crippen LogP contribution in [0.25, 0.3) is 0 Å². The molecule has 0 aliphatic heterocycles. The molecule has 0 spiro atoms. The van der Waals surface area contributed by atoms with Crippen LogP contribution >= 0.6 is 24.2 Å². The Bertz CT molecular complexity index is 207. The van der Waals surface area contributed by atoms with Crippen LogP contribution in [0.1, 0.15) is 12.8 Å². The van der Waals surface area contributed by atoms with Crippen LogP contribution in [0, 0.1) is 5.92 Å². The predicted octanol–water partition coefficient (Wildman–Crippen LogP) is 1.29. The summed E-state index contributed by atoms with van der Waals surface area (Å²) >= 11 is 9.38. The summed E-state index contributed by atoms with van der Waals surface area (Å²) in [6.45, 7) is 0. The summed E-state index contributed by atoms with van der Waals surface area (Å²) < 4.78 is 0. The number of thiol groups is 1. The molecule has 0 aromatic carbocycles. The van der Waals surface area contributed by atoms with E-state index in [4.69, 9.17) is 16.8 Å². The number of oxime groups is 1. The Morgan fingerprint density at radius 2 is 2.45 bits per heavy atom. The lowest BCUT2D eigenvalue weighted by Gasteiger charge is -1.98. The molecule has 62 valence electrons. The van der Waals surface area contributed by atoms with Gasteiger partial charge in [0.2, 0.25) is 5.24 Å². The Hall–Kier alpha value is -0.220. The van der Waals surface area contributed by atoms with Crippen LogP contribution in [0.2, 0.25) is 0 Å². The van der Waals surface area contributed by atoms with Crippen molar-refractivity contribution in [3.8, 4) is 0 Å². The zero-order valence-corrected chi connectivity index (χ0v) is 7.35. The Morgan fingerprint density at radius 3 is 2.73 bits per heavy atom. The van der Waals surface area contributed by atoms with Crippen LogP contribution in [0.5, 0.6) is 0 Å². The first-order valence-corrected chi connectivity index (χ1v) is 4.12. The van der Waals surface area contributed by atoms with Gasteiger partial charge in [-0.1, -0.05) is 5.16 Å². The van der Waals surface area contributed by atoms with E-state index < -0.39 is 0 Å². The highest BCUT2D eigenvalue weighted by Gasteiger charge is 2.32. The minimum absolute atomic E-state index is 0.118. The highest BCUT2D eigenvalue weighted by molar-refractivity contribution is 7.81. The Balaban J connectivity index is 2.64. The van der Waals surface area contributed by atoms with Gasteiger partial charge in [-0.25, -0.2) is 0 Å². The molecule has 11 heavy (non-hydrogen) atoms. The SMILES string of the molecule is O=C(Cl)C1CC(=NO)C(S)C1. The van der Waals surface area contributed by atoms with Crippen molar-refractivity contribution in [2.24, 2.45) is 11.1 Å². The van der Waals surface area contributed by atoms with Gasteiger partial charge in [0.05, 0.1) is 5.71 Å². The molecule has 1 fully saturated rings. The van der Waals surface area contributed by atoms with Crippen LogP contribution in [0.15, 0.2) is 5.16 Å². The second-order valence-electron chi connectivity index (χ2n) is 2.55. The molecule has 2 unspecified atom stereocenters. The zero-order valence-electron chi connectivity index (χ0n) is 5.70. The average Bonchev–Trinajstić information content (AvgIpc) is 2.31. The lowest BCUT2D eigenvalue weighted by Crippen LogP contribution is -2.04. The number of hydrogen-bond acceptors (Lipinski definition) is 4. The van der Waals surface area contributed by atoms with Gasteiger partial charge in [-0.2, -0.15) is 12.6 Å². The van der Waals surface area contributed by atoms with Crippen molar-refractivity contribution >= 4 is 35.2 Å².